The van der Waals surface area contributed by atoms with Crippen LogP contribution in [0.5, 0.6) is 5.75 Å². The molecule has 2 aromatic rings. The number of aromatic nitrogens is 2. The highest BCUT2D eigenvalue weighted by molar-refractivity contribution is 6.30. The van der Waals surface area contributed by atoms with Crippen LogP contribution in [-0.4, -0.2) is 16.6 Å². The van der Waals surface area contributed by atoms with Crippen LogP contribution in [-0.2, 0) is 0 Å². The minimum Gasteiger partial charge on any atom is -0.494 e. The summed E-state index contributed by atoms with van der Waals surface area (Å²) in [6, 6.07) is 8.04. The smallest absolute Gasteiger partial charge is 0.136 e. The summed E-state index contributed by atoms with van der Waals surface area (Å²) < 4.78 is 5.61. The maximum Gasteiger partial charge on any atom is 0.136 e. The normalized spacial score (nSPS) is 14.2. The molecular formula is C17H19ClN2O. The van der Waals surface area contributed by atoms with E-state index in [0.717, 1.165) is 41.4 Å². The van der Waals surface area contributed by atoms with Crippen molar-refractivity contribution in [2.24, 2.45) is 0 Å². The van der Waals surface area contributed by atoms with Gasteiger partial charge in [0.15, 0.2) is 0 Å². The van der Waals surface area contributed by atoms with Gasteiger partial charge < -0.3 is 4.74 Å². The van der Waals surface area contributed by atoms with Gasteiger partial charge in [-0.3, -0.25) is 0 Å². The largest absolute Gasteiger partial charge is 0.494 e. The number of rotatable bonds is 5. The SMILES string of the molecule is CCCOc1ccc(-c2nc(C3CC3)nc(Cl)c2C)cc1. The Morgan fingerprint density at radius 1 is 1.19 bits per heavy atom. The quantitative estimate of drug-likeness (QED) is 0.746. The number of ether oxygens (including phenoxy) is 1. The molecule has 3 rings (SSSR count). The average molecular weight is 303 g/mol. The molecule has 1 fully saturated rings. The van der Waals surface area contributed by atoms with Crippen LogP contribution in [0.15, 0.2) is 24.3 Å². The summed E-state index contributed by atoms with van der Waals surface area (Å²) in [6.07, 6.45) is 3.35. The summed E-state index contributed by atoms with van der Waals surface area (Å²) in [7, 11) is 0. The summed E-state index contributed by atoms with van der Waals surface area (Å²) in [5.74, 6) is 2.27. The third-order valence-electron chi connectivity index (χ3n) is 3.65. The van der Waals surface area contributed by atoms with Crippen LogP contribution < -0.4 is 4.74 Å². The summed E-state index contributed by atoms with van der Waals surface area (Å²) >= 11 is 6.26. The van der Waals surface area contributed by atoms with Gasteiger partial charge in [0.1, 0.15) is 16.7 Å². The molecule has 0 N–H and O–H groups in total. The van der Waals surface area contributed by atoms with Crippen molar-refractivity contribution < 1.29 is 4.74 Å². The van der Waals surface area contributed by atoms with E-state index in [2.05, 4.69) is 11.9 Å². The van der Waals surface area contributed by atoms with Gasteiger partial charge >= 0.3 is 0 Å². The Labute approximate surface area is 130 Å². The van der Waals surface area contributed by atoms with E-state index >= 15 is 0 Å². The minimum absolute atomic E-state index is 0.494. The molecule has 1 aliphatic carbocycles. The molecule has 0 amide bonds. The fourth-order valence-electron chi connectivity index (χ4n) is 2.24. The van der Waals surface area contributed by atoms with Crippen molar-refractivity contribution in [1.29, 1.82) is 0 Å². The number of nitrogens with zero attached hydrogens (tertiary/aromatic N) is 2. The van der Waals surface area contributed by atoms with Crippen LogP contribution in [0, 0.1) is 6.92 Å². The second-order valence-corrected chi connectivity index (χ2v) is 5.85. The van der Waals surface area contributed by atoms with Gasteiger partial charge in [-0.2, -0.15) is 0 Å². The summed E-state index contributed by atoms with van der Waals surface area (Å²) in [6.45, 7) is 4.80. The molecule has 110 valence electrons. The van der Waals surface area contributed by atoms with Crippen LogP contribution in [0.1, 0.15) is 43.5 Å². The van der Waals surface area contributed by atoms with Crippen LogP contribution in [0.2, 0.25) is 5.15 Å². The van der Waals surface area contributed by atoms with Crippen LogP contribution in [0.4, 0.5) is 0 Å². The molecular weight excluding hydrogens is 284 g/mol. The van der Waals surface area contributed by atoms with Crippen molar-refractivity contribution in [2.45, 2.75) is 39.0 Å². The molecule has 0 spiro atoms. The van der Waals surface area contributed by atoms with Gasteiger partial charge in [-0.15, -0.1) is 0 Å². The summed E-state index contributed by atoms with van der Waals surface area (Å²) in [5.41, 5.74) is 2.92. The highest BCUT2D eigenvalue weighted by atomic mass is 35.5. The van der Waals surface area contributed by atoms with Gasteiger partial charge in [-0.25, -0.2) is 9.97 Å². The predicted octanol–water partition coefficient (Wildman–Crippen LogP) is 4.77. The van der Waals surface area contributed by atoms with Crippen molar-refractivity contribution in [3.8, 4) is 17.0 Å². The molecule has 0 aliphatic heterocycles. The Morgan fingerprint density at radius 3 is 2.52 bits per heavy atom. The van der Waals surface area contributed by atoms with Crippen molar-refractivity contribution in [1.82, 2.24) is 9.97 Å². The summed E-state index contributed by atoms with van der Waals surface area (Å²) in [5, 5.41) is 0.563. The molecule has 1 heterocycles. The first-order chi connectivity index (χ1) is 10.2. The highest BCUT2D eigenvalue weighted by Gasteiger charge is 2.28. The lowest BCUT2D eigenvalue weighted by molar-refractivity contribution is 0.317. The Morgan fingerprint density at radius 2 is 1.90 bits per heavy atom. The number of benzene rings is 1. The van der Waals surface area contributed by atoms with Gasteiger partial charge in [-0.1, -0.05) is 18.5 Å². The molecule has 1 saturated carbocycles. The molecule has 4 heteroatoms. The van der Waals surface area contributed by atoms with E-state index in [4.69, 9.17) is 21.3 Å². The van der Waals surface area contributed by atoms with E-state index in [-0.39, 0.29) is 0 Å². The second-order valence-electron chi connectivity index (χ2n) is 5.49. The first kappa shape index (κ1) is 14.3. The van der Waals surface area contributed by atoms with Crippen molar-refractivity contribution in [3.63, 3.8) is 0 Å². The topological polar surface area (TPSA) is 35.0 Å². The number of halogens is 1. The van der Waals surface area contributed by atoms with Crippen molar-refractivity contribution >= 4 is 11.6 Å². The van der Waals surface area contributed by atoms with Crippen molar-refractivity contribution in [3.05, 3.63) is 40.8 Å². The third kappa shape index (κ3) is 3.18. The summed E-state index contributed by atoms with van der Waals surface area (Å²) in [4.78, 5) is 9.13. The Hall–Kier alpha value is -1.61. The molecule has 1 aliphatic rings. The van der Waals surface area contributed by atoms with Crippen LogP contribution in [0.25, 0.3) is 11.3 Å². The van der Waals surface area contributed by atoms with Gasteiger partial charge in [0.25, 0.3) is 0 Å². The molecule has 0 atom stereocenters. The monoisotopic (exact) mass is 302 g/mol. The molecule has 0 saturated heterocycles. The van der Waals surface area contributed by atoms with Gasteiger partial charge in [0, 0.05) is 17.0 Å². The van der Waals surface area contributed by atoms with E-state index in [1.54, 1.807) is 0 Å². The van der Waals surface area contributed by atoms with E-state index in [0.29, 0.717) is 11.1 Å². The maximum atomic E-state index is 6.26. The average Bonchev–Trinajstić information content (AvgIpc) is 3.33. The fraction of sp³-hybridized carbons (Fsp3) is 0.412. The standard InChI is InChI=1S/C17H19ClN2O/c1-3-10-21-14-8-6-12(7-9-14)15-11(2)16(18)20-17(19-15)13-4-5-13/h6-9,13H,3-5,10H2,1-2H3. The van der Waals surface area contributed by atoms with Crippen molar-refractivity contribution in [2.75, 3.05) is 6.61 Å². The second kappa shape index (κ2) is 6.02. The van der Waals surface area contributed by atoms with Crippen LogP contribution >= 0.6 is 11.6 Å². The van der Waals surface area contributed by atoms with E-state index in [1.165, 1.54) is 12.8 Å². The number of hydrogen-bond donors (Lipinski definition) is 0. The molecule has 0 bridgehead atoms. The van der Waals surface area contributed by atoms with Gasteiger partial charge in [-0.05, 0) is 50.5 Å². The lowest BCUT2D eigenvalue weighted by Crippen LogP contribution is -2.00. The van der Waals surface area contributed by atoms with Gasteiger partial charge in [0.05, 0.1) is 12.3 Å². The Bertz CT molecular complexity index is 636. The zero-order chi connectivity index (χ0) is 14.8. The highest BCUT2D eigenvalue weighted by Crippen LogP contribution is 2.40. The lowest BCUT2D eigenvalue weighted by atomic mass is 10.1. The molecule has 3 nitrogen and oxygen atoms in total. The molecule has 21 heavy (non-hydrogen) atoms. The molecule has 0 radical (unpaired) electrons. The van der Waals surface area contributed by atoms with Crippen LogP contribution in [0.3, 0.4) is 0 Å². The zero-order valence-electron chi connectivity index (χ0n) is 12.4. The number of hydrogen-bond acceptors (Lipinski definition) is 3. The fourth-order valence-corrected chi connectivity index (χ4v) is 2.42. The molecule has 1 aromatic heterocycles. The zero-order valence-corrected chi connectivity index (χ0v) is 13.2. The lowest BCUT2D eigenvalue weighted by Gasteiger charge is -2.10. The maximum absolute atomic E-state index is 6.26. The first-order valence-electron chi connectivity index (χ1n) is 7.46. The van der Waals surface area contributed by atoms with E-state index in [1.807, 2.05) is 31.2 Å². The molecule has 0 unspecified atom stereocenters. The Balaban J connectivity index is 1.91. The minimum atomic E-state index is 0.494. The van der Waals surface area contributed by atoms with E-state index < -0.39 is 0 Å². The van der Waals surface area contributed by atoms with E-state index in [9.17, 15) is 0 Å². The van der Waals surface area contributed by atoms with Gasteiger partial charge in [0.2, 0.25) is 0 Å². The first-order valence-corrected chi connectivity index (χ1v) is 7.84. The third-order valence-corrected chi connectivity index (χ3v) is 4.01. The molecule has 1 aromatic carbocycles. The Kier molecular flexibility index (Phi) is 4.11. The predicted molar refractivity (Wildman–Crippen MR) is 85.0 cm³/mol.